The third kappa shape index (κ3) is 3.12. The summed E-state index contributed by atoms with van der Waals surface area (Å²) in [7, 11) is 0. The smallest absolute Gasteiger partial charge is 0.270 e. The number of non-ortho nitro benzene ring substituents is 1. The maximum atomic E-state index is 11.2. The van der Waals surface area contributed by atoms with Crippen LogP contribution in [0, 0.1) is 28.4 Å². The molecule has 0 radical (unpaired) electrons. The fourth-order valence-corrected chi connectivity index (χ4v) is 3.52. The highest BCUT2D eigenvalue weighted by Gasteiger charge is 2.33. The molecule has 0 bridgehead atoms. The van der Waals surface area contributed by atoms with Crippen molar-refractivity contribution in [1.29, 1.82) is 5.26 Å². The van der Waals surface area contributed by atoms with Gasteiger partial charge < -0.3 is 4.74 Å². The second-order valence-corrected chi connectivity index (χ2v) is 6.84. The Morgan fingerprint density at radius 1 is 1.31 bits per heavy atom. The standard InChI is InChI=1S/C20H14ClN5O3/c1-11-17-18(12-4-2-7-15(8-12)26(27)28)16(10-22)19(23)29-20(17)25(24-11)14-6-3-5-13(21)9-14/h2-9,19H,23H2,1H3. The molecule has 29 heavy (non-hydrogen) atoms. The van der Waals surface area contributed by atoms with Gasteiger partial charge in [0.2, 0.25) is 5.88 Å². The van der Waals surface area contributed by atoms with Gasteiger partial charge in [0.1, 0.15) is 6.07 Å². The fourth-order valence-electron chi connectivity index (χ4n) is 3.34. The van der Waals surface area contributed by atoms with Gasteiger partial charge in [-0.05, 0) is 30.7 Å². The first kappa shape index (κ1) is 18.7. The van der Waals surface area contributed by atoms with Gasteiger partial charge in [-0.2, -0.15) is 10.4 Å². The van der Waals surface area contributed by atoms with Gasteiger partial charge in [0.05, 0.1) is 27.4 Å². The van der Waals surface area contributed by atoms with Crippen LogP contribution in [0.15, 0.2) is 54.1 Å². The van der Waals surface area contributed by atoms with Crippen LogP contribution in [0.2, 0.25) is 5.02 Å². The summed E-state index contributed by atoms with van der Waals surface area (Å²) in [5, 5.41) is 26.0. The number of nitrogens with two attached hydrogens (primary N) is 1. The number of nitro groups is 1. The molecule has 1 atom stereocenters. The number of hydrogen-bond donors (Lipinski definition) is 1. The van der Waals surface area contributed by atoms with Crippen LogP contribution < -0.4 is 10.5 Å². The van der Waals surface area contributed by atoms with Crippen LogP contribution in [0.5, 0.6) is 5.88 Å². The zero-order chi connectivity index (χ0) is 20.7. The van der Waals surface area contributed by atoms with E-state index >= 15 is 0 Å². The lowest BCUT2D eigenvalue weighted by atomic mass is 9.91. The molecule has 1 aliphatic rings. The number of fused-ring (bicyclic) bond motifs is 1. The SMILES string of the molecule is Cc1nn(-c2cccc(Cl)c2)c2c1C(c1cccc([N+](=O)[O-])c1)=C(C#N)C(N)O2. The van der Waals surface area contributed by atoms with E-state index in [-0.39, 0.29) is 11.3 Å². The third-order valence-corrected chi connectivity index (χ3v) is 4.81. The fraction of sp³-hybridized carbons (Fsp3) is 0.100. The Hall–Kier alpha value is -3.67. The van der Waals surface area contributed by atoms with Gasteiger partial charge in [0.25, 0.3) is 5.69 Å². The highest BCUT2D eigenvalue weighted by atomic mass is 35.5. The Bertz CT molecular complexity index is 1230. The summed E-state index contributed by atoms with van der Waals surface area (Å²) < 4.78 is 7.39. The molecule has 1 unspecified atom stereocenters. The molecule has 0 saturated heterocycles. The summed E-state index contributed by atoms with van der Waals surface area (Å²) in [6, 6.07) is 15.2. The summed E-state index contributed by atoms with van der Waals surface area (Å²) in [6.07, 6.45) is -1.05. The Kier molecular flexibility index (Phi) is 4.54. The van der Waals surface area contributed by atoms with Crippen LogP contribution in [0.3, 0.4) is 0 Å². The number of nitriles is 1. The van der Waals surface area contributed by atoms with Crippen LogP contribution in [0.25, 0.3) is 11.3 Å². The van der Waals surface area contributed by atoms with Crippen molar-refractivity contribution in [1.82, 2.24) is 9.78 Å². The predicted octanol–water partition coefficient (Wildman–Crippen LogP) is 3.75. The zero-order valence-corrected chi connectivity index (χ0v) is 15.9. The molecule has 8 nitrogen and oxygen atoms in total. The molecule has 0 fully saturated rings. The molecule has 9 heteroatoms. The molecular weight excluding hydrogens is 394 g/mol. The molecule has 4 rings (SSSR count). The molecule has 2 N–H and O–H groups in total. The van der Waals surface area contributed by atoms with E-state index in [1.807, 2.05) is 6.07 Å². The molecule has 0 saturated carbocycles. The topological polar surface area (TPSA) is 120 Å². The van der Waals surface area contributed by atoms with Gasteiger partial charge >= 0.3 is 0 Å². The van der Waals surface area contributed by atoms with Crippen molar-refractivity contribution < 1.29 is 9.66 Å². The van der Waals surface area contributed by atoms with Crippen molar-refractivity contribution in [3.8, 4) is 17.6 Å². The van der Waals surface area contributed by atoms with E-state index in [1.165, 1.54) is 12.1 Å². The number of aromatic nitrogens is 2. The van der Waals surface area contributed by atoms with Gasteiger partial charge in [-0.1, -0.05) is 29.8 Å². The average Bonchev–Trinajstić information content (AvgIpc) is 3.03. The highest BCUT2D eigenvalue weighted by Crippen LogP contribution is 2.42. The number of nitrogens with zero attached hydrogens (tertiary/aromatic N) is 4. The van der Waals surface area contributed by atoms with E-state index in [0.29, 0.717) is 39.0 Å². The molecule has 2 heterocycles. The lowest BCUT2D eigenvalue weighted by molar-refractivity contribution is -0.384. The molecule has 2 aromatic carbocycles. The van der Waals surface area contributed by atoms with Crippen molar-refractivity contribution >= 4 is 22.9 Å². The second-order valence-electron chi connectivity index (χ2n) is 6.40. The van der Waals surface area contributed by atoms with Crippen LogP contribution >= 0.6 is 11.6 Å². The number of halogens is 1. The molecule has 144 valence electrons. The van der Waals surface area contributed by atoms with Crippen molar-refractivity contribution in [3.63, 3.8) is 0 Å². The van der Waals surface area contributed by atoms with Crippen molar-refractivity contribution in [2.75, 3.05) is 0 Å². The molecule has 0 spiro atoms. The first-order valence-electron chi connectivity index (χ1n) is 8.58. The minimum absolute atomic E-state index is 0.0891. The summed E-state index contributed by atoms with van der Waals surface area (Å²) in [5.74, 6) is 0.345. The minimum Gasteiger partial charge on any atom is -0.453 e. The summed E-state index contributed by atoms with van der Waals surface area (Å²) in [6.45, 7) is 1.77. The monoisotopic (exact) mass is 407 g/mol. The molecule has 0 aliphatic carbocycles. The van der Waals surface area contributed by atoms with Crippen molar-refractivity contribution in [2.24, 2.45) is 5.73 Å². The number of rotatable bonds is 3. The highest BCUT2D eigenvalue weighted by molar-refractivity contribution is 6.30. The number of benzene rings is 2. The Morgan fingerprint density at radius 3 is 2.76 bits per heavy atom. The maximum Gasteiger partial charge on any atom is 0.270 e. The van der Waals surface area contributed by atoms with Gasteiger partial charge in [0, 0.05) is 22.7 Å². The van der Waals surface area contributed by atoms with Gasteiger partial charge in [-0.15, -0.1) is 0 Å². The quantitative estimate of drug-likeness (QED) is 0.521. The molecule has 1 aliphatic heterocycles. The Labute approximate surface area is 170 Å². The Balaban J connectivity index is 1.99. The molecule has 3 aromatic rings. The van der Waals surface area contributed by atoms with Crippen molar-refractivity contribution in [3.05, 3.63) is 86.1 Å². The number of hydrogen-bond acceptors (Lipinski definition) is 6. The van der Waals surface area contributed by atoms with Crippen LogP contribution in [-0.4, -0.2) is 20.9 Å². The van der Waals surface area contributed by atoms with Gasteiger partial charge in [0.15, 0.2) is 6.23 Å². The largest absolute Gasteiger partial charge is 0.453 e. The normalized spacial score (nSPS) is 15.4. The predicted molar refractivity (Wildman–Crippen MR) is 107 cm³/mol. The van der Waals surface area contributed by atoms with Crippen LogP contribution in [0.1, 0.15) is 16.8 Å². The van der Waals surface area contributed by atoms with Gasteiger partial charge in [-0.25, -0.2) is 4.68 Å². The Morgan fingerprint density at radius 2 is 2.07 bits per heavy atom. The zero-order valence-electron chi connectivity index (χ0n) is 15.2. The number of aryl methyl sites for hydroxylation is 1. The van der Waals surface area contributed by atoms with Crippen LogP contribution in [0.4, 0.5) is 5.69 Å². The first-order valence-corrected chi connectivity index (χ1v) is 8.95. The van der Waals surface area contributed by atoms with E-state index in [4.69, 9.17) is 22.1 Å². The minimum atomic E-state index is -1.05. The lowest BCUT2D eigenvalue weighted by Crippen LogP contribution is -2.33. The molecule has 1 aromatic heterocycles. The van der Waals surface area contributed by atoms with E-state index in [1.54, 1.807) is 41.9 Å². The third-order valence-electron chi connectivity index (χ3n) is 4.58. The van der Waals surface area contributed by atoms with Crippen LogP contribution in [-0.2, 0) is 0 Å². The average molecular weight is 408 g/mol. The van der Waals surface area contributed by atoms with Gasteiger partial charge in [-0.3, -0.25) is 15.8 Å². The maximum absolute atomic E-state index is 11.2. The van der Waals surface area contributed by atoms with E-state index in [2.05, 4.69) is 11.2 Å². The van der Waals surface area contributed by atoms with E-state index in [0.717, 1.165) is 0 Å². The number of nitro benzene ring substituents is 1. The van der Waals surface area contributed by atoms with Crippen molar-refractivity contribution in [2.45, 2.75) is 13.2 Å². The van der Waals surface area contributed by atoms with E-state index in [9.17, 15) is 15.4 Å². The summed E-state index contributed by atoms with van der Waals surface area (Å²) >= 11 is 6.11. The lowest BCUT2D eigenvalue weighted by Gasteiger charge is -2.24. The summed E-state index contributed by atoms with van der Waals surface area (Å²) in [5.41, 5.74) is 8.96. The first-order chi connectivity index (χ1) is 13.9. The number of ether oxygens (including phenoxy) is 1. The van der Waals surface area contributed by atoms with E-state index < -0.39 is 11.2 Å². The molecular formula is C20H14ClN5O3. The second kappa shape index (κ2) is 7.05. The molecule has 0 amide bonds. The summed E-state index contributed by atoms with van der Waals surface area (Å²) in [4.78, 5) is 10.7.